The molecule has 0 spiro atoms. The minimum atomic E-state index is 0.926. The van der Waals surface area contributed by atoms with Gasteiger partial charge in [-0.25, -0.2) is 0 Å². The second-order valence-corrected chi connectivity index (χ2v) is 5.16. The van der Waals surface area contributed by atoms with E-state index in [9.17, 15) is 0 Å². The minimum Gasteiger partial charge on any atom is -0.316 e. The summed E-state index contributed by atoms with van der Waals surface area (Å²) in [5.41, 5.74) is 2.65. The van der Waals surface area contributed by atoms with Gasteiger partial charge in [-0.3, -0.25) is 0 Å². The molecule has 0 heterocycles. The first-order valence-corrected chi connectivity index (χ1v) is 6.58. The van der Waals surface area contributed by atoms with Crippen LogP contribution in [0.2, 0.25) is 0 Å². The maximum absolute atomic E-state index is 3.16. The Morgan fingerprint density at radius 3 is 2.35 bits per heavy atom. The first kappa shape index (κ1) is 12.2. The Kier molecular flexibility index (Phi) is 4.24. The molecule has 0 bridgehead atoms. The molecule has 0 aliphatic carbocycles. The summed E-state index contributed by atoms with van der Waals surface area (Å²) >= 11 is 1.82. The highest BCUT2D eigenvalue weighted by atomic mass is 32.2. The molecule has 0 saturated heterocycles. The lowest BCUT2D eigenvalue weighted by atomic mass is 10.2. The first-order valence-electron chi connectivity index (χ1n) is 5.76. The summed E-state index contributed by atoms with van der Waals surface area (Å²) in [6.45, 7) is 3.08. The Bertz CT molecular complexity index is 477. The summed E-state index contributed by atoms with van der Waals surface area (Å²) in [4.78, 5) is 2.62. The van der Waals surface area contributed by atoms with Crippen LogP contribution < -0.4 is 5.32 Å². The van der Waals surface area contributed by atoms with E-state index in [0.717, 1.165) is 6.54 Å². The first-order chi connectivity index (χ1) is 8.29. The highest BCUT2D eigenvalue weighted by molar-refractivity contribution is 7.99. The molecule has 0 aliphatic rings. The van der Waals surface area contributed by atoms with Crippen LogP contribution in [0.15, 0.2) is 58.3 Å². The van der Waals surface area contributed by atoms with Gasteiger partial charge in [0.1, 0.15) is 0 Å². The average molecular weight is 243 g/mol. The van der Waals surface area contributed by atoms with Crippen LogP contribution in [0.3, 0.4) is 0 Å². The van der Waals surface area contributed by atoms with Crippen molar-refractivity contribution >= 4 is 11.8 Å². The highest BCUT2D eigenvalue weighted by Crippen LogP contribution is 2.29. The zero-order valence-corrected chi connectivity index (χ0v) is 11.1. The lowest BCUT2D eigenvalue weighted by Gasteiger charge is -2.06. The molecular formula is C15H17NS. The molecule has 0 aromatic heterocycles. The van der Waals surface area contributed by atoms with Gasteiger partial charge in [0.2, 0.25) is 0 Å². The van der Waals surface area contributed by atoms with E-state index >= 15 is 0 Å². The van der Waals surface area contributed by atoms with Crippen LogP contribution in [-0.2, 0) is 6.54 Å². The molecule has 1 N–H and O–H groups in total. The predicted octanol–water partition coefficient (Wildman–Crippen LogP) is 3.87. The van der Waals surface area contributed by atoms with Crippen molar-refractivity contribution < 1.29 is 0 Å². The van der Waals surface area contributed by atoms with E-state index in [4.69, 9.17) is 0 Å². The van der Waals surface area contributed by atoms with Gasteiger partial charge in [0.15, 0.2) is 0 Å². The van der Waals surface area contributed by atoms with Crippen LogP contribution in [0, 0.1) is 6.92 Å². The lowest BCUT2D eigenvalue weighted by molar-refractivity contribution is 0.817. The molecule has 0 amide bonds. The van der Waals surface area contributed by atoms with E-state index in [1.54, 1.807) is 0 Å². The van der Waals surface area contributed by atoms with Gasteiger partial charge in [0, 0.05) is 16.3 Å². The standard InChI is InChI=1S/C15H17NS/c1-12-5-3-4-6-15(12)17-14-9-7-13(8-10-14)11-16-2/h3-10,16H,11H2,1-2H3. The van der Waals surface area contributed by atoms with Crippen molar-refractivity contribution in [1.29, 1.82) is 0 Å². The van der Waals surface area contributed by atoms with E-state index in [-0.39, 0.29) is 0 Å². The Labute approximate surface area is 107 Å². The maximum Gasteiger partial charge on any atom is 0.0202 e. The van der Waals surface area contributed by atoms with E-state index in [2.05, 4.69) is 60.8 Å². The lowest BCUT2D eigenvalue weighted by Crippen LogP contribution is -2.04. The number of rotatable bonds is 4. The van der Waals surface area contributed by atoms with E-state index in [1.165, 1.54) is 20.9 Å². The molecule has 2 aromatic carbocycles. The number of aryl methyl sites for hydroxylation is 1. The molecule has 17 heavy (non-hydrogen) atoms. The van der Waals surface area contributed by atoms with Crippen molar-refractivity contribution in [3.63, 3.8) is 0 Å². The van der Waals surface area contributed by atoms with Crippen LogP contribution in [0.5, 0.6) is 0 Å². The van der Waals surface area contributed by atoms with Crippen molar-refractivity contribution in [1.82, 2.24) is 5.32 Å². The summed E-state index contributed by atoms with van der Waals surface area (Å²) in [5.74, 6) is 0. The van der Waals surface area contributed by atoms with Gasteiger partial charge < -0.3 is 5.32 Å². The molecule has 2 rings (SSSR count). The third-order valence-electron chi connectivity index (χ3n) is 2.63. The fourth-order valence-electron chi connectivity index (χ4n) is 1.68. The monoisotopic (exact) mass is 243 g/mol. The van der Waals surface area contributed by atoms with Crippen molar-refractivity contribution in [2.24, 2.45) is 0 Å². The largest absolute Gasteiger partial charge is 0.316 e. The smallest absolute Gasteiger partial charge is 0.0202 e. The van der Waals surface area contributed by atoms with Crippen LogP contribution >= 0.6 is 11.8 Å². The average Bonchev–Trinajstić information content (AvgIpc) is 2.35. The number of hydrogen-bond acceptors (Lipinski definition) is 2. The number of benzene rings is 2. The summed E-state index contributed by atoms with van der Waals surface area (Å²) in [6, 6.07) is 17.2. The Morgan fingerprint density at radius 1 is 1.00 bits per heavy atom. The summed E-state index contributed by atoms with van der Waals surface area (Å²) in [5, 5.41) is 3.16. The molecule has 88 valence electrons. The zero-order valence-electron chi connectivity index (χ0n) is 10.2. The van der Waals surface area contributed by atoms with Crippen molar-refractivity contribution in [3.8, 4) is 0 Å². The van der Waals surface area contributed by atoms with Crippen LogP contribution in [0.4, 0.5) is 0 Å². The zero-order chi connectivity index (χ0) is 12.1. The summed E-state index contributed by atoms with van der Waals surface area (Å²) in [7, 11) is 1.97. The Balaban J connectivity index is 2.11. The molecule has 0 fully saturated rings. The Morgan fingerprint density at radius 2 is 1.71 bits per heavy atom. The van der Waals surface area contributed by atoms with Crippen molar-refractivity contribution in [2.45, 2.75) is 23.3 Å². The second kappa shape index (κ2) is 5.89. The molecule has 1 nitrogen and oxygen atoms in total. The van der Waals surface area contributed by atoms with Crippen LogP contribution in [-0.4, -0.2) is 7.05 Å². The van der Waals surface area contributed by atoms with Gasteiger partial charge >= 0.3 is 0 Å². The SMILES string of the molecule is CNCc1ccc(Sc2ccccc2C)cc1. The Hall–Kier alpha value is -1.25. The fourth-order valence-corrected chi connectivity index (χ4v) is 2.58. The highest BCUT2D eigenvalue weighted by Gasteiger charge is 2.00. The predicted molar refractivity (Wildman–Crippen MR) is 74.5 cm³/mol. The molecular weight excluding hydrogens is 226 g/mol. The molecule has 2 heteroatoms. The third kappa shape index (κ3) is 3.35. The second-order valence-electron chi connectivity index (χ2n) is 4.04. The minimum absolute atomic E-state index is 0.926. The summed E-state index contributed by atoms with van der Waals surface area (Å²) < 4.78 is 0. The molecule has 0 unspecified atom stereocenters. The van der Waals surface area contributed by atoms with E-state index in [1.807, 2.05) is 18.8 Å². The molecule has 0 atom stereocenters. The van der Waals surface area contributed by atoms with Crippen molar-refractivity contribution in [2.75, 3.05) is 7.05 Å². The molecule has 0 saturated carbocycles. The molecule has 0 radical (unpaired) electrons. The van der Waals surface area contributed by atoms with Crippen LogP contribution in [0.1, 0.15) is 11.1 Å². The topological polar surface area (TPSA) is 12.0 Å². The van der Waals surface area contributed by atoms with Crippen LogP contribution in [0.25, 0.3) is 0 Å². The molecule has 0 aliphatic heterocycles. The van der Waals surface area contributed by atoms with E-state index < -0.39 is 0 Å². The fraction of sp³-hybridized carbons (Fsp3) is 0.200. The van der Waals surface area contributed by atoms with E-state index in [0.29, 0.717) is 0 Å². The third-order valence-corrected chi connectivity index (χ3v) is 3.81. The number of hydrogen-bond donors (Lipinski definition) is 1. The van der Waals surface area contributed by atoms with Crippen molar-refractivity contribution in [3.05, 3.63) is 59.7 Å². The quantitative estimate of drug-likeness (QED) is 0.875. The molecule has 2 aromatic rings. The van der Waals surface area contributed by atoms with Gasteiger partial charge in [0.05, 0.1) is 0 Å². The van der Waals surface area contributed by atoms with Gasteiger partial charge in [-0.15, -0.1) is 0 Å². The van der Waals surface area contributed by atoms with Gasteiger partial charge in [-0.2, -0.15) is 0 Å². The number of nitrogens with one attached hydrogen (secondary N) is 1. The van der Waals surface area contributed by atoms with Gasteiger partial charge in [-0.1, -0.05) is 42.1 Å². The normalized spacial score (nSPS) is 10.5. The van der Waals surface area contributed by atoms with Gasteiger partial charge in [0.25, 0.3) is 0 Å². The summed E-state index contributed by atoms with van der Waals surface area (Å²) in [6.07, 6.45) is 0. The maximum atomic E-state index is 3.16. The van der Waals surface area contributed by atoms with Gasteiger partial charge in [-0.05, 0) is 43.3 Å².